The molecule has 0 saturated heterocycles. The van der Waals surface area contributed by atoms with E-state index >= 15 is 0 Å². The molecule has 0 aliphatic rings. The second-order valence-corrected chi connectivity index (χ2v) is 4.50. The topological polar surface area (TPSA) is 105 Å². The van der Waals surface area contributed by atoms with Crippen LogP contribution in [-0.4, -0.2) is 29.0 Å². The van der Waals surface area contributed by atoms with E-state index in [9.17, 15) is 4.79 Å². The van der Waals surface area contributed by atoms with Gasteiger partial charge in [0, 0.05) is 18.5 Å². The summed E-state index contributed by atoms with van der Waals surface area (Å²) in [6.45, 7) is 6.85. The fraction of sp³-hybridized carbons (Fsp3) is 0.583. The van der Waals surface area contributed by atoms with Crippen molar-refractivity contribution in [3.63, 3.8) is 0 Å². The van der Waals surface area contributed by atoms with E-state index in [4.69, 9.17) is 5.84 Å². The minimum atomic E-state index is -0.0613. The highest BCUT2D eigenvalue weighted by molar-refractivity contribution is 5.80. The van der Waals surface area contributed by atoms with Crippen LogP contribution < -0.4 is 21.9 Å². The van der Waals surface area contributed by atoms with Gasteiger partial charge in [0.2, 0.25) is 5.91 Å². The van der Waals surface area contributed by atoms with Crippen LogP contribution in [0, 0.1) is 0 Å². The predicted molar refractivity (Wildman–Crippen MR) is 75.7 cm³/mol. The average molecular weight is 266 g/mol. The third-order valence-corrected chi connectivity index (χ3v) is 2.41. The number of hydrogen-bond donors (Lipinski definition) is 4. The molecule has 7 nitrogen and oxygen atoms in total. The third-order valence-electron chi connectivity index (χ3n) is 2.41. The lowest BCUT2D eigenvalue weighted by molar-refractivity contribution is -0.119. The van der Waals surface area contributed by atoms with Gasteiger partial charge in [-0.3, -0.25) is 4.79 Å². The predicted octanol–water partition coefficient (Wildman–Crippen LogP) is 0.824. The highest BCUT2D eigenvalue weighted by Crippen LogP contribution is 2.15. The summed E-state index contributed by atoms with van der Waals surface area (Å²) in [6.07, 6.45) is 0.915. The van der Waals surface area contributed by atoms with Crippen LogP contribution in [-0.2, 0) is 4.79 Å². The fourth-order valence-electron chi connectivity index (χ4n) is 1.39. The van der Waals surface area contributed by atoms with Gasteiger partial charge in [-0.1, -0.05) is 20.8 Å². The molecule has 0 saturated carbocycles. The zero-order valence-corrected chi connectivity index (χ0v) is 11.7. The molecule has 7 heteroatoms. The van der Waals surface area contributed by atoms with Crippen LogP contribution in [0.3, 0.4) is 0 Å². The molecule has 0 radical (unpaired) electrons. The van der Waals surface area contributed by atoms with Crippen molar-refractivity contribution >= 4 is 17.5 Å². The quantitative estimate of drug-likeness (QED) is 0.430. The lowest BCUT2D eigenvalue weighted by Crippen LogP contribution is -2.30. The summed E-state index contributed by atoms with van der Waals surface area (Å²) in [5.74, 6) is 7.26. The van der Waals surface area contributed by atoms with E-state index in [1.807, 2.05) is 20.8 Å². The number of carbonyl (C=O) groups is 1. The molecule has 1 aromatic heterocycles. The second-order valence-electron chi connectivity index (χ2n) is 4.50. The lowest BCUT2D eigenvalue weighted by atomic mass is 10.2. The molecule has 1 heterocycles. The number of aromatic nitrogens is 2. The lowest BCUT2D eigenvalue weighted by Gasteiger charge is -2.11. The smallest absolute Gasteiger partial charge is 0.239 e. The van der Waals surface area contributed by atoms with E-state index in [-0.39, 0.29) is 18.4 Å². The zero-order chi connectivity index (χ0) is 14.3. The molecular weight excluding hydrogens is 244 g/mol. The number of hydrogen-bond acceptors (Lipinski definition) is 6. The summed E-state index contributed by atoms with van der Waals surface area (Å²) < 4.78 is 0. The highest BCUT2D eigenvalue weighted by atomic mass is 16.1. The maximum absolute atomic E-state index is 11.5. The number of nitrogens with zero attached hydrogens (tertiary/aromatic N) is 2. The maximum Gasteiger partial charge on any atom is 0.239 e. The molecule has 5 N–H and O–H groups in total. The van der Waals surface area contributed by atoms with Crippen LogP contribution in [0.2, 0.25) is 0 Å². The van der Waals surface area contributed by atoms with Gasteiger partial charge in [-0.15, -0.1) is 0 Å². The molecule has 1 rings (SSSR count). The Morgan fingerprint density at radius 1 is 1.37 bits per heavy atom. The number of nitrogens with two attached hydrogens (primary N) is 1. The number of amides is 1. The molecule has 0 unspecified atom stereocenters. The molecule has 19 heavy (non-hydrogen) atoms. The first-order valence-electron chi connectivity index (χ1n) is 6.43. The van der Waals surface area contributed by atoms with Crippen molar-refractivity contribution in [3.05, 3.63) is 11.9 Å². The highest BCUT2D eigenvalue weighted by Gasteiger charge is 2.08. The molecule has 1 amide bonds. The van der Waals surface area contributed by atoms with Crippen LogP contribution in [0.4, 0.5) is 11.6 Å². The van der Waals surface area contributed by atoms with Crippen LogP contribution in [0.1, 0.15) is 38.9 Å². The Labute approximate surface area is 113 Å². The molecule has 106 valence electrons. The standard InChI is InChI=1S/C12H22N6O/c1-4-5-14-11(19)7-15-9-6-10(18-13)17-12(16-9)8(2)3/h6,8H,4-5,7,13H2,1-3H3,(H,14,19)(H2,15,16,17,18). The van der Waals surface area contributed by atoms with Crippen molar-refractivity contribution in [1.82, 2.24) is 15.3 Å². The maximum atomic E-state index is 11.5. The van der Waals surface area contributed by atoms with E-state index in [1.165, 1.54) is 0 Å². The molecular formula is C12H22N6O. The van der Waals surface area contributed by atoms with Gasteiger partial charge in [0.1, 0.15) is 17.5 Å². The summed E-state index contributed by atoms with van der Waals surface area (Å²) in [5, 5.41) is 5.75. The van der Waals surface area contributed by atoms with Crippen LogP contribution in [0.15, 0.2) is 6.07 Å². The van der Waals surface area contributed by atoms with Gasteiger partial charge in [-0.2, -0.15) is 0 Å². The number of hydrazine groups is 1. The number of anilines is 2. The van der Waals surface area contributed by atoms with E-state index in [0.717, 1.165) is 6.42 Å². The van der Waals surface area contributed by atoms with Crippen molar-refractivity contribution in [2.75, 3.05) is 23.8 Å². The number of nitrogen functional groups attached to an aromatic ring is 1. The Bertz CT molecular complexity index is 421. The van der Waals surface area contributed by atoms with E-state index in [2.05, 4.69) is 26.0 Å². The Kier molecular flexibility index (Phi) is 6.01. The van der Waals surface area contributed by atoms with Crippen molar-refractivity contribution < 1.29 is 4.79 Å². The van der Waals surface area contributed by atoms with Gasteiger partial charge in [-0.05, 0) is 6.42 Å². The van der Waals surface area contributed by atoms with Crippen LogP contribution in [0.5, 0.6) is 0 Å². The molecule has 0 fully saturated rings. The van der Waals surface area contributed by atoms with Gasteiger partial charge < -0.3 is 16.1 Å². The van der Waals surface area contributed by atoms with Gasteiger partial charge in [-0.25, -0.2) is 15.8 Å². The van der Waals surface area contributed by atoms with Gasteiger partial charge in [0.15, 0.2) is 0 Å². The first kappa shape index (κ1) is 15.2. The molecule has 1 aromatic rings. The Hall–Kier alpha value is -1.89. The average Bonchev–Trinajstić information content (AvgIpc) is 2.42. The van der Waals surface area contributed by atoms with Gasteiger partial charge in [0.25, 0.3) is 0 Å². The van der Waals surface area contributed by atoms with Gasteiger partial charge in [0.05, 0.1) is 6.54 Å². The third kappa shape index (κ3) is 5.09. The Morgan fingerprint density at radius 3 is 2.63 bits per heavy atom. The second kappa shape index (κ2) is 7.52. The normalized spacial score (nSPS) is 10.4. The fourth-order valence-corrected chi connectivity index (χ4v) is 1.39. The number of carbonyl (C=O) groups excluding carboxylic acids is 1. The van der Waals surface area contributed by atoms with Crippen molar-refractivity contribution in [2.24, 2.45) is 5.84 Å². The molecule has 0 aromatic carbocycles. The molecule has 0 aliphatic heterocycles. The molecule has 0 spiro atoms. The molecule has 0 aliphatic carbocycles. The first-order valence-corrected chi connectivity index (χ1v) is 6.43. The van der Waals surface area contributed by atoms with Crippen molar-refractivity contribution in [1.29, 1.82) is 0 Å². The summed E-state index contributed by atoms with van der Waals surface area (Å²) in [6, 6.07) is 1.67. The largest absolute Gasteiger partial charge is 0.361 e. The van der Waals surface area contributed by atoms with E-state index in [0.29, 0.717) is 24.0 Å². The molecule has 0 atom stereocenters. The first-order chi connectivity index (χ1) is 9.06. The Morgan fingerprint density at radius 2 is 2.05 bits per heavy atom. The van der Waals surface area contributed by atoms with Crippen molar-refractivity contribution in [3.8, 4) is 0 Å². The zero-order valence-electron chi connectivity index (χ0n) is 11.7. The minimum absolute atomic E-state index is 0.0613. The number of nitrogens with one attached hydrogen (secondary N) is 3. The summed E-state index contributed by atoms with van der Waals surface area (Å²) in [4.78, 5) is 20.1. The summed E-state index contributed by atoms with van der Waals surface area (Å²) in [7, 11) is 0. The SMILES string of the molecule is CCCNC(=O)CNc1cc(NN)nc(C(C)C)n1. The van der Waals surface area contributed by atoms with Crippen LogP contribution >= 0.6 is 0 Å². The van der Waals surface area contributed by atoms with Gasteiger partial charge >= 0.3 is 0 Å². The molecule has 0 bridgehead atoms. The minimum Gasteiger partial charge on any atom is -0.361 e. The van der Waals surface area contributed by atoms with E-state index < -0.39 is 0 Å². The van der Waals surface area contributed by atoms with Crippen LogP contribution in [0.25, 0.3) is 0 Å². The van der Waals surface area contributed by atoms with E-state index in [1.54, 1.807) is 6.07 Å². The number of rotatable bonds is 7. The van der Waals surface area contributed by atoms with Crippen molar-refractivity contribution in [2.45, 2.75) is 33.1 Å². The summed E-state index contributed by atoms with van der Waals surface area (Å²) >= 11 is 0. The summed E-state index contributed by atoms with van der Waals surface area (Å²) in [5.41, 5.74) is 2.49. The monoisotopic (exact) mass is 266 g/mol. The Balaban J connectivity index is 2.67.